The molecule has 0 saturated heterocycles. The fourth-order valence-electron chi connectivity index (χ4n) is 4.78. The van der Waals surface area contributed by atoms with Crippen molar-refractivity contribution in [3.8, 4) is 11.3 Å². The molecule has 2 bridgehead atoms. The first kappa shape index (κ1) is 23.0. The van der Waals surface area contributed by atoms with Crippen LogP contribution in [0.15, 0.2) is 24.5 Å². The molecule has 1 atom stereocenters. The van der Waals surface area contributed by atoms with E-state index in [1.165, 1.54) is 34.8 Å². The van der Waals surface area contributed by atoms with Crippen molar-refractivity contribution >= 4 is 58.8 Å². The molecular weight excluding hydrogens is 553 g/mol. The SMILES string of the molecule is CC.Fc1cc(F)c(-c2cn(SI)c3ncc(Cl)cc23)nc1NC1CC2CCC1CC2. The molecule has 3 aromatic heterocycles. The van der Waals surface area contributed by atoms with Crippen LogP contribution in [-0.2, 0) is 0 Å². The van der Waals surface area contributed by atoms with E-state index in [0.29, 0.717) is 33.5 Å². The molecule has 1 N–H and O–H groups in total. The largest absolute Gasteiger partial charge is 0.365 e. The van der Waals surface area contributed by atoms with E-state index in [2.05, 4.69) is 36.5 Å². The number of aromatic nitrogens is 3. The lowest BCUT2D eigenvalue weighted by Crippen LogP contribution is -2.40. The van der Waals surface area contributed by atoms with Crippen molar-refractivity contribution in [1.82, 2.24) is 13.9 Å². The predicted molar refractivity (Wildman–Crippen MR) is 134 cm³/mol. The van der Waals surface area contributed by atoms with Crippen LogP contribution >= 0.6 is 41.9 Å². The Morgan fingerprint density at radius 1 is 1.16 bits per heavy atom. The van der Waals surface area contributed by atoms with Crippen LogP contribution in [-0.4, -0.2) is 20.0 Å². The van der Waals surface area contributed by atoms with Crippen LogP contribution in [0.4, 0.5) is 14.6 Å². The fourth-order valence-corrected chi connectivity index (χ4v) is 6.20. The van der Waals surface area contributed by atoms with Gasteiger partial charge in [-0.25, -0.2) is 18.7 Å². The number of fused-ring (bicyclic) bond motifs is 4. The number of pyridine rings is 2. The van der Waals surface area contributed by atoms with Gasteiger partial charge in [0, 0.05) is 65.8 Å². The molecule has 3 saturated carbocycles. The highest BCUT2D eigenvalue weighted by molar-refractivity contribution is 14.2. The van der Waals surface area contributed by atoms with Crippen LogP contribution in [0.3, 0.4) is 0 Å². The van der Waals surface area contributed by atoms with Crippen LogP contribution in [0.25, 0.3) is 22.3 Å². The minimum Gasteiger partial charge on any atom is -0.365 e. The summed E-state index contributed by atoms with van der Waals surface area (Å²) < 4.78 is 31.2. The summed E-state index contributed by atoms with van der Waals surface area (Å²) in [7, 11) is 1.41. The molecular formula is C22H24ClF2IN4S. The molecule has 0 amide bonds. The molecule has 6 rings (SSSR count). The molecule has 9 heteroatoms. The first-order valence-corrected chi connectivity index (χ1v) is 14.3. The van der Waals surface area contributed by atoms with Gasteiger partial charge in [0.15, 0.2) is 23.1 Å². The third kappa shape index (κ3) is 4.53. The van der Waals surface area contributed by atoms with E-state index in [-0.39, 0.29) is 17.6 Å². The van der Waals surface area contributed by atoms with Gasteiger partial charge in [-0.1, -0.05) is 38.3 Å². The average Bonchev–Trinajstić information content (AvgIpc) is 3.15. The summed E-state index contributed by atoms with van der Waals surface area (Å²) in [6, 6.07) is 2.86. The van der Waals surface area contributed by atoms with Crippen molar-refractivity contribution in [2.24, 2.45) is 11.8 Å². The molecule has 31 heavy (non-hydrogen) atoms. The van der Waals surface area contributed by atoms with Crippen LogP contribution < -0.4 is 5.32 Å². The quantitative estimate of drug-likeness (QED) is 0.321. The van der Waals surface area contributed by atoms with Crippen LogP contribution in [0.5, 0.6) is 0 Å². The number of hydrogen-bond acceptors (Lipinski definition) is 4. The topological polar surface area (TPSA) is 42.7 Å². The number of halogens is 4. The molecule has 4 nitrogen and oxygen atoms in total. The second-order valence-corrected chi connectivity index (χ2v) is 10.0. The van der Waals surface area contributed by atoms with Crippen LogP contribution in [0.2, 0.25) is 5.02 Å². The molecule has 3 heterocycles. The molecule has 3 aromatic rings. The molecule has 0 aliphatic heterocycles. The summed E-state index contributed by atoms with van der Waals surface area (Å²) in [5, 5.41) is 4.43. The Morgan fingerprint density at radius 3 is 2.55 bits per heavy atom. The molecule has 3 fully saturated rings. The van der Waals surface area contributed by atoms with Crippen molar-refractivity contribution in [3.05, 3.63) is 41.2 Å². The van der Waals surface area contributed by atoms with Gasteiger partial charge in [0.25, 0.3) is 0 Å². The van der Waals surface area contributed by atoms with E-state index in [9.17, 15) is 8.78 Å². The van der Waals surface area contributed by atoms with Crippen molar-refractivity contribution in [3.63, 3.8) is 0 Å². The fraction of sp³-hybridized carbons (Fsp3) is 0.455. The van der Waals surface area contributed by atoms with Crippen molar-refractivity contribution in [2.45, 2.75) is 52.0 Å². The lowest BCUT2D eigenvalue weighted by Gasteiger charge is -2.42. The van der Waals surface area contributed by atoms with E-state index in [0.717, 1.165) is 12.5 Å². The average molecular weight is 577 g/mol. The van der Waals surface area contributed by atoms with Gasteiger partial charge in [0.1, 0.15) is 5.69 Å². The zero-order chi connectivity index (χ0) is 22.1. The summed E-state index contributed by atoms with van der Waals surface area (Å²) in [6.45, 7) is 4.00. The third-order valence-corrected chi connectivity index (χ3v) is 8.11. The summed E-state index contributed by atoms with van der Waals surface area (Å²) in [4.78, 5) is 8.74. The van der Waals surface area contributed by atoms with E-state index in [1.54, 1.807) is 18.5 Å². The molecule has 3 aliphatic rings. The van der Waals surface area contributed by atoms with Gasteiger partial charge in [-0.05, 0) is 37.2 Å². The lowest BCUT2D eigenvalue weighted by molar-refractivity contribution is 0.157. The minimum absolute atomic E-state index is 0.105. The predicted octanol–water partition coefficient (Wildman–Crippen LogP) is 7.89. The molecule has 0 aromatic carbocycles. The highest BCUT2D eigenvalue weighted by Crippen LogP contribution is 2.43. The maximum absolute atomic E-state index is 14.8. The van der Waals surface area contributed by atoms with Gasteiger partial charge < -0.3 is 5.32 Å². The second-order valence-electron chi connectivity index (χ2n) is 7.88. The van der Waals surface area contributed by atoms with Crippen molar-refractivity contribution < 1.29 is 8.78 Å². The van der Waals surface area contributed by atoms with Crippen LogP contribution in [0.1, 0.15) is 46.0 Å². The maximum Gasteiger partial charge on any atom is 0.168 e. The smallest absolute Gasteiger partial charge is 0.168 e. The van der Waals surface area contributed by atoms with Gasteiger partial charge in [0.2, 0.25) is 0 Å². The molecule has 3 aliphatic carbocycles. The molecule has 0 spiro atoms. The monoisotopic (exact) mass is 576 g/mol. The maximum atomic E-state index is 14.8. The zero-order valence-corrected chi connectivity index (χ0v) is 21.1. The molecule has 1 unspecified atom stereocenters. The van der Waals surface area contributed by atoms with E-state index >= 15 is 0 Å². The van der Waals surface area contributed by atoms with Crippen molar-refractivity contribution in [2.75, 3.05) is 5.32 Å². The number of anilines is 1. The van der Waals surface area contributed by atoms with Gasteiger partial charge in [-0.15, -0.1) is 0 Å². The number of nitrogens with zero attached hydrogens (tertiary/aromatic N) is 3. The van der Waals surface area contributed by atoms with Gasteiger partial charge in [-0.3, -0.25) is 3.97 Å². The zero-order valence-electron chi connectivity index (χ0n) is 17.3. The minimum atomic E-state index is -0.698. The first-order chi connectivity index (χ1) is 15.0. The first-order valence-electron chi connectivity index (χ1n) is 10.6. The Kier molecular flexibility index (Phi) is 7.27. The number of nitrogens with one attached hydrogen (secondary N) is 1. The van der Waals surface area contributed by atoms with Crippen LogP contribution in [0, 0.1) is 23.5 Å². The second kappa shape index (κ2) is 9.79. The van der Waals surface area contributed by atoms with E-state index in [1.807, 2.05) is 17.8 Å². The van der Waals surface area contributed by atoms with E-state index in [4.69, 9.17) is 11.6 Å². The Morgan fingerprint density at radius 2 is 1.90 bits per heavy atom. The van der Waals surface area contributed by atoms with Gasteiger partial charge in [0.05, 0.1) is 5.02 Å². The van der Waals surface area contributed by atoms with Gasteiger partial charge in [-0.2, -0.15) is 0 Å². The normalized spacial score (nSPS) is 22.3. The summed E-state index contributed by atoms with van der Waals surface area (Å²) in [5.41, 5.74) is 1.31. The lowest BCUT2D eigenvalue weighted by atomic mass is 9.68. The standard InChI is InChI=1S/C20H18ClF2IN4S.C2H6/c21-12-6-13-14(9-28(29-24)20(13)25-8-12)18-15(22)7-16(23)19(27-18)26-17-5-10-1-3-11(17)4-2-10;1-2/h6-11,17H,1-5H2,(H,26,27);1-2H3. The van der Waals surface area contributed by atoms with Crippen molar-refractivity contribution in [1.29, 1.82) is 0 Å². The number of hydrogen-bond donors (Lipinski definition) is 1. The summed E-state index contributed by atoms with van der Waals surface area (Å²) >= 11 is 8.26. The third-order valence-electron chi connectivity index (χ3n) is 6.21. The molecule has 0 radical (unpaired) electrons. The molecule has 166 valence electrons. The summed E-state index contributed by atoms with van der Waals surface area (Å²) in [5.74, 6) is 0.00548. The number of rotatable bonds is 4. The highest BCUT2D eigenvalue weighted by atomic mass is 127. The Hall–Kier alpha value is -1.13. The highest BCUT2D eigenvalue weighted by Gasteiger charge is 2.36. The Balaban J connectivity index is 0.00000112. The Labute approximate surface area is 202 Å². The van der Waals surface area contributed by atoms with E-state index < -0.39 is 11.6 Å². The Bertz CT molecular complexity index is 1090. The van der Waals surface area contributed by atoms with Gasteiger partial charge >= 0.3 is 0 Å². The summed E-state index contributed by atoms with van der Waals surface area (Å²) in [6.07, 6.45) is 9.20.